The average molecular weight is 418 g/mol. The molecule has 7 heteroatoms. The highest BCUT2D eigenvalue weighted by atomic mass is 16.5. The predicted molar refractivity (Wildman–Crippen MR) is 118 cm³/mol. The summed E-state index contributed by atoms with van der Waals surface area (Å²) in [5.41, 5.74) is 0.720. The third kappa shape index (κ3) is 5.70. The van der Waals surface area contributed by atoms with E-state index in [1.54, 1.807) is 43.6 Å². The van der Waals surface area contributed by atoms with Crippen LogP contribution in [0.3, 0.4) is 0 Å². The molecule has 0 radical (unpaired) electrons. The number of rotatable bonds is 8. The first-order valence-corrected chi connectivity index (χ1v) is 9.56. The Morgan fingerprint density at radius 1 is 1.06 bits per heavy atom. The second-order valence-electron chi connectivity index (χ2n) is 6.67. The van der Waals surface area contributed by atoms with Crippen molar-refractivity contribution in [2.24, 2.45) is 0 Å². The number of methoxy groups -OCH3 is 1. The minimum atomic E-state index is -0.748. The van der Waals surface area contributed by atoms with Crippen molar-refractivity contribution < 1.29 is 18.7 Å². The Balaban J connectivity index is 1.75. The molecule has 3 rings (SSSR count). The summed E-state index contributed by atoms with van der Waals surface area (Å²) in [4.78, 5) is 36.7. The van der Waals surface area contributed by atoms with Gasteiger partial charge < -0.3 is 19.8 Å². The van der Waals surface area contributed by atoms with E-state index in [0.717, 1.165) is 11.3 Å². The molecule has 0 saturated heterocycles. The smallest absolute Gasteiger partial charge is 0.360 e. The maximum Gasteiger partial charge on any atom is 0.360 e. The molecule has 0 bridgehead atoms. The highest BCUT2D eigenvalue weighted by Gasteiger charge is 2.15. The molecule has 0 saturated carbocycles. The third-order valence-electron chi connectivity index (χ3n) is 4.43. The van der Waals surface area contributed by atoms with Gasteiger partial charge in [-0.15, -0.1) is 0 Å². The summed E-state index contributed by atoms with van der Waals surface area (Å²) < 4.78 is 10.5. The van der Waals surface area contributed by atoms with Crippen molar-refractivity contribution in [2.45, 2.75) is 13.5 Å². The van der Waals surface area contributed by atoms with E-state index in [4.69, 9.17) is 9.15 Å². The van der Waals surface area contributed by atoms with E-state index in [0.29, 0.717) is 12.1 Å². The normalized spacial score (nSPS) is 10.6. The van der Waals surface area contributed by atoms with Crippen LogP contribution in [0, 0.1) is 0 Å². The fourth-order valence-electron chi connectivity index (χ4n) is 2.85. The number of nitrogens with one attached hydrogen (secondary N) is 2. The highest BCUT2D eigenvalue weighted by molar-refractivity contribution is 6.05. The largest absolute Gasteiger partial charge is 0.497 e. The van der Waals surface area contributed by atoms with Crippen LogP contribution in [0.4, 0.5) is 5.69 Å². The first-order chi connectivity index (χ1) is 15.0. The first-order valence-electron chi connectivity index (χ1n) is 9.56. The summed E-state index contributed by atoms with van der Waals surface area (Å²) in [5, 5.41) is 5.58. The Bertz CT molecular complexity index is 1170. The lowest BCUT2D eigenvalue weighted by Gasteiger charge is -2.08. The number of ether oxygens (including phenoxy) is 1. The number of carbonyl (C=O) groups excluding carboxylic acids is 2. The van der Waals surface area contributed by atoms with Gasteiger partial charge in [0.25, 0.3) is 5.91 Å². The van der Waals surface area contributed by atoms with Gasteiger partial charge in [0.2, 0.25) is 0 Å². The van der Waals surface area contributed by atoms with Crippen molar-refractivity contribution in [3.05, 3.63) is 99.7 Å². The SMILES string of the molecule is COc1cccc(CNC=Cc2oc(=O)c(NC(=O)c3ccccc3)cc2C(C)=O)c1. The summed E-state index contributed by atoms with van der Waals surface area (Å²) in [6.07, 6.45) is 3.09. The topological polar surface area (TPSA) is 97.6 Å². The second-order valence-corrected chi connectivity index (χ2v) is 6.67. The van der Waals surface area contributed by atoms with Gasteiger partial charge in [0.1, 0.15) is 17.2 Å². The number of hydrogen-bond acceptors (Lipinski definition) is 6. The Morgan fingerprint density at radius 3 is 2.55 bits per heavy atom. The van der Waals surface area contributed by atoms with Gasteiger partial charge in [-0.1, -0.05) is 30.3 Å². The van der Waals surface area contributed by atoms with Gasteiger partial charge in [0.15, 0.2) is 5.78 Å². The maximum atomic E-state index is 12.3. The molecular formula is C24H22N2O5. The Kier molecular flexibility index (Phi) is 7.01. The van der Waals surface area contributed by atoms with E-state index < -0.39 is 11.5 Å². The highest BCUT2D eigenvalue weighted by Crippen LogP contribution is 2.16. The predicted octanol–water partition coefficient (Wildman–Crippen LogP) is 3.86. The lowest BCUT2D eigenvalue weighted by atomic mass is 10.1. The van der Waals surface area contributed by atoms with E-state index in [1.165, 1.54) is 19.1 Å². The van der Waals surface area contributed by atoms with Crippen molar-refractivity contribution in [2.75, 3.05) is 12.4 Å². The van der Waals surface area contributed by atoms with Crippen LogP contribution in [-0.4, -0.2) is 18.8 Å². The zero-order valence-electron chi connectivity index (χ0n) is 17.2. The number of anilines is 1. The molecule has 0 fully saturated rings. The Labute approximate surface area is 179 Å². The zero-order valence-corrected chi connectivity index (χ0v) is 17.2. The van der Waals surface area contributed by atoms with Gasteiger partial charge in [-0.25, -0.2) is 4.79 Å². The molecule has 2 N–H and O–H groups in total. The summed E-state index contributed by atoms with van der Waals surface area (Å²) in [6.45, 7) is 1.87. The summed E-state index contributed by atoms with van der Waals surface area (Å²) in [6, 6.07) is 17.3. The number of carbonyl (C=O) groups is 2. The molecule has 0 atom stereocenters. The minimum absolute atomic E-state index is 0.0967. The van der Waals surface area contributed by atoms with Crippen molar-refractivity contribution in [3.63, 3.8) is 0 Å². The maximum absolute atomic E-state index is 12.3. The number of amides is 1. The van der Waals surface area contributed by atoms with Crippen LogP contribution in [0.1, 0.15) is 39.0 Å². The van der Waals surface area contributed by atoms with Crippen LogP contribution in [0.5, 0.6) is 5.75 Å². The monoisotopic (exact) mass is 418 g/mol. The molecule has 0 unspecified atom stereocenters. The molecule has 1 aromatic heterocycles. The number of hydrogen-bond donors (Lipinski definition) is 2. The van der Waals surface area contributed by atoms with Gasteiger partial charge in [0, 0.05) is 18.3 Å². The molecule has 0 spiro atoms. The van der Waals surface area contributed by atoms with Gasteiger partial charge in [0.05, 0.1) is 12.7 Å². The van der Waals surface area contributed by atoms with E-state index in [9.17, 15) is 14.4 Å². The summed E-state index contributed by atoms with van der Waals surface area (Å²) >= 11 is 0. The van der Waals surface area contributed by atoms with Gasteiger partial charge >= 0.3 is 5.63 Å². The molecular weight excluding hydrogens is 396 g/mol. The lowest BCUT2D eigenvalue weighted by Crippen LogP contribution is -2.19. The van der Waals surface area contributed by atoms with Crippen LogP contribution in [-0.2, 0) is 6.54 Å². The minimum Gasteiger partial charge on any atom is -0.497 e. The van der Waals surface area contributed by atoms with Crippen LogP contribution >= 0.6 is 0 Å². The van der Waals surface area contributed by atoms with Crippen LogP contribution in [0.2, 0.25) is 0 Å². The molecule has 1 heterocycles. The van der Waals surface area contributed by atoms with E-state index in [2.05, 4.69) is 10.6 Å². The fraction of sp³-hybridized carbons (Fsp3) is 0.125. The number of Topliss-reactive ketones (excluding diaryl/α,β-unsaturated/α-hetero) is 1. The molecule has 31 heavy (non-hydrogen) atoms. The molecule has 1 amide bonds. The number of ketones is 1. The third-order valence-corrected chi connectivity index (χ3v) is 4.43. The average Bonchev–Trinajstić information content (AvgIpc) is 2.78. The molecule has 7 nitrogen and oxygen atoms in total. The molecule has 0 aliphatic heterocycles. The molecule has 158 valence electrons. The van der Waals surface area contributed by atoms with Crippen molar-refractivity contribution in [3.8, 4) is 5.75 Å². The van der Waals surface area contributed by atoms with Crippen molar-refractivity contribution >= 4 is 23.5 Å². The summed E-state index contributed by atoms with van der Waals surface area (Å²) in [5.74, 6) is 0.0895. The Hall–Kier alpha value is -4.13. The first kappa shape index (κ1) is 21.6. The van der Waals surface area contributed by atoms with E-state index in [-0.39, 0.29) is 22.8 Å². The lowest BCUT2D eigenvalue weighted by molar-refractivity contribution is 0.100. The molecule has 3 aromatic rings. The quantitative estimate of drug-likeness (QED) is 0.539. The van der Waals surface area contributed by atoms with Gasteiger partial charge in [-0.2, -0.15) is 0 Å². The second kappa shape index (κ2) is 10.1. The Morgan fingerprint density at radius 2 is 1.84 bits per heavy atom. The summed E-state index contributed by atoms with van der Waals surface area (Å²) in [7, 11) is 1.60. The van der Waals surface area contributed by atoms with Crippen LogP contribution in [0.25, 0.3) is 6.08 Å². The molecule has 0 aliphatic carbocycles. The van der Waals surface area contributed by atoms with Crippen LogP contribution in [0.15, 0.2) is 76.1 Å². The van der Waals surface area contributed by atoms with E-state index >= 15 is 0 Å². The van der Waals surface area contributed by atoms with Gasteiger partial charge in [-0.3, -0.25) is 9.59 Å². The molecule has 0 aliphatic rings. The van der Waals surface area contributed by atoms with Crippen molar-refractivity contribution in [1.82, 2.24) is 5.32 Å². The fourth-order valence-corrected chi connectivity index (χ4v) is 2.85. The van der Waals surface area contributed by atoms with Crippen LogP contribution < -0.4 is 21.0 Å². The molecule has 2 aromatic carbocycles. The van der Waals surface area contributed by atoms with E-state index in [1.807, 2.05) is 24.3 Å². The van der Waals surface area contributed by atoms with Gasteiger partial charge in [-0.05, 0) is 48.9 Å². The zero-order chi connectivity index (χ0) is 22.2. The number of benzene rings is 2. The van der Waals surface area contributed by atoms with Crippen molar-refractivity contribution in [1.29, 1.82) is 0 Å². The standard InChI is InChI=1S/C24H22N2O5/c1-16(27)20-14-21(26-23(28)18-8-4-3-5-9-18)24(29)31-22(20)11-12-25-15-17-7-6-10-19(13-17)30-2/h3-14,25H,15H2,1-2H3,(H,26,28).